The molecule has 0 atom stereocenters. The molecule has 10 aromatic rings. The zero-order valence-electron chi connectivity index (χ0n) is 56.8. The van der Waals surface area contributed by atoms with Crippen LogP contribution in [0, 0.1) is 6.85 Å². The van der Waals surface area contributed by atoms with Crippen LogP contribution >= 0.6 is 0 Å². The summed E-state index contributed by atoms with van der Waals surface area (Å²) in [5, 5.41) is 13.0. The lowest BCUT2D eigenvalue weighted by Crippen LogP contribution is -2.17. The molecule has 0 aliphatic rings. The number of phenols is 1. The van der Waals surface area contributed by atoms with Gasteiger partial charge in [-0.2, -0.15) is 0 Å². The molecule has 0 saturated heterocycles. The molecule has 0 bridgehead atoms. The summed E-state index contributed by atoms with van der Waals surface area (Å²) in [6, 6.07) is 55.3. The van der Waals surface area contributed by atoms with Crippen LogP contribution in [0.15, 0.2) is 200 Å². The highest BCUT2D eigenvalue weighted by Crippen LogP contribution is 2.45. The van der Waals surface area contributed by atoms with E-state index < -0.39 is 87.1 Å². The number of aromatic hydroxyl groups is 1. The second-order valence-electron chi connectivity index (χ2n) is 16.5. The number of phenolic OH excluding ortho intramolecular Hbond substituents is 1. The first kappa shape index (κ1) is 25.2. The van der Waals surface area contributed by atoms with Crippen LogP contribution in [0.1, 0.15) is 86.6 Å². The molecule has 0 saturated carbocycles. The Morgan fingerprint density at radius 3 is 1.75 bits per heavy atom. The number of aryl methyl sites for hydroxylation is 1. The molecule has 0 amide bonds. The Hall–Kier alpha value is -7.82. The third-order valence-electron chi connectivity index (χ3n) is 12.0. The lowest BCUT2D eigenvalue weighted by Gasteiger charge is -2.27. The molecule has 0 spiro atoms. The van der Waals surface area contributed by atoms with Gasteiger partial charge in [-0.25, -0.2) is 4.98 Å². The number of imidazole rings is 1. The van der Waals surface area contributed by atoms with Crippen molar-refractivity contribution in [2.45, 2.75) is 58.8 Å². The van der Waals surface area contributed by atoms with Crippen molar-refractivity contribution in [2.24, 2.45) is 0 Å². The first-order valence-corrected chi connectivity index (χ1v) is 21.4. The summed E-state index contributed by atoms with van der Waals surface area (Å²) in [7, 11) is 0. The molecule has 4 heteroatoms. The highest BCUT2D eigenvalue weighted by molar-refractivity contribution is 5.98. The second-order valence-corrected chi connectivity index (χ2v) is 16.5. The Bertz CT molecular complexity index is 4150. The van der Waals surface area contributed by atoms with E-state index in [4.69, 9.17) is 38.8 Å². The number of benzene rings is 8. The van der Waals surface area contributed by atoms with Crippen LogP contribution in [0.5, 0.6) is 5.75 Å². The maximum atomic E-state index is 13.0. The van der Waals surface area contributed by atoms with Gasteiger partial charge in [0.1, 0.15) is 11.6 Å². The van der Waals surface area contributed by atoms with E-state index in [1.54, 1.807) is 54.7 Å². The number of rotatable bonds is 8. The van der Waals surface area contributed by atoms with Crippen molar-refractivity contribution in [3.8, 4) is 89.7 Å². The van der Waals surface area contributed by atoms with Gasteiger partial charge in [-0.3, -0.25) is 9.55 Å². The summed E-state index contributed by atoms with van der Waals surface area (Å²) >= 11 is 0. The summed E-state index contributed by atoms with van der Waals surface area (Å²) in [5.74, 6) is -2.06. The average molecular weight is 891 g/mol. The molecule has 0 radical (unpaired) electrons. The Morgan fingerprint density at radius 1 is 0.463 bits per heavy atom. The number of nitrogens with zero attached hydrogens (tertiary/aromatic N) is 3. The fraction of sp³-hybridized carbons (Fsp3) is 0.143. The third-order valence-corrected chi connectivity index (χ3v) is 12.0. The van der Waals surface area contributed by atoms with Gasteiger partial charge < -0.3 is 5.11 Å². The predicted molar refractivity (Wildman–Crippen MR) is 281 cm³/mol. The standard InChI is InChI=1S/C63H55N3O/c1-41-34-52(30-31-53(41)46-22-15-10-16-23-46)66-58-25-17-24-54(59(58)65-61(66)55-39-51(62(2,3)4)40-56(60(55)67)63(5,6)7)49-35-48(43-20-13-9-14-21-43)36-50(37-49)57-38-47(32-33-64-57)45-28-26-44(27-29-45)42-18-11-8-12-19-42/h8-40,67H,1-7H3/i1D3,2D3,3D3,4D3,5D3,6D3,7D3. The van der Waals surface area contributed by atoms with Gasteiger partial charge in [0, 0.05) is 57.4 Å². The van der Waals surface area contributed by atoms with Gasteiger partial charge in [0.2, 0.25) is 0 Å². The van der Waals surface area contributed by atoms with E-state index in [1.807, 2.05) is 115 Å². The maximum Gasteiger partial charge on any atom is 0.149 e. The molecule has 0 aliphatic carbocycles. The molecule has 67 heavy (non-hydrogen) atoms. The topological polar surface area (TPSA) is 50.9 Å². The first-order chi connectivity index (χ1) is 41.0. The van der Waals surface area contributed by atoms with E-state index in [-0.39, 0.29) is 33.9 Å². The van der Waals surface area contributed by atoms with E-state index >= 15 is 0 Å². The van der Waals surface area contributed by atoms with Crippen LogP contribution in [-0.2, 0) is 10.8 Å². The Morgan fingerprint density at radius 2 is 1.07 bits per heavy atom. The first-order valence-electron chi connectivity index (χ1n) is 31.9. The molecule has 2 aromatic heterocycles. The normalized spacial score (nSPS) is 17.8. The van der Waals surface area contributed by atoms with E-state index in [9.17, 15) is 5.11 Å². The average Bonchev–Trinajstić information content (AvgIpc) is 0.786. The zero-order chi connectivity index (χ0) is 64.0. The lowest BCUT2D eigenvalue weighted by molar-refractivity contribution is 0.446. The third kappa shape index (κ3) is 8.48. The fourth-order valence-corrected chi connectivity index (χ4v) is 8.60. The zero-order valence-corrected chi connectivity index (χ0v) is 35.8. The second kappa shape index (κ2) is 17.2. The summed E-state index contributed by atoms with van der Waals surface area (Å²) in [6.45, 7) is -27.8. The van der Waals surface area contributed by atoms with Gasteiger partial charge in [-0.1, -0.05) is 181 Å². The maximum absolute atomic E-state index is 13.0. The predicted octanol–water partition coefficient (Wildman–Crippen LogP) is 16.7. The van der Waals surface area contributed by atoms with Gasteiger partial charge in [-0.15, -0.1) is 0 Å². The number of hydrogen-bond donors (Lipinski definition) is 1. The van der Waals surface area contributed by atoms with Gasteiger partial charge in [0.15, 0.2) is 0 Å². The summed E-state index contributed by atoms with van der Waals surface area (Å²) in [5.41, 5.74) is -4.21. The van der Waals surface area contributed by atoms with Crippen LogP contribution in [0.3, 0.4) is 0 Å². The summed E-state index contributed by atoms with van der Waals surface area (Å²) in [4.78, 5) is 9.90. The highest BCUT2D eigenvalue weighted by Gasteiger charge is 2.29. The van der Waals surface area contributed by atoms with Crippen LogP contribution in [0.2, 0.25) is 0 Å². The minimum Gasteiger partial charge on any atom is -0.507 e. The number of hydrogen-bond acceptors (Lipinski definition) is 3. The van der Waals surface area contributed by atoms with E-state index in [0.29, 0.717) is 39.6 Å². The monoisotopic (exact) mass is 891 g/mol. The van der Waals surface area contributed by atoms with Gasteiger partial charge in [-0.05, 0) is 133 Å². The molecule has 0 aliphatic heterocycles. The summed E-state index contributed by atoms with van der Waals surface area (Å²) in [6.07, 6.45) is 1.68. The van der Waals surface area contributed by atoms with Crippen molar-refractivity contribution in [3.63, 3.8) is 0 Å². The molecule has 8 aromatic carbocycles. The van der Waals surface area contributed by atoms with Crippen molar-refractivity contribution in [2.75, 3.05) is 0 Å². The lowest BCUT2D eigenvalue weighted by atomic mass is 9.79. The minimum absolute atomic E-state index is 0.0326. The van der Waals surface area contributed by atoms with E-state index in [2.05, 4.69) is 0 Å². The van der Waals surface area contributed by atoms with Crippen molar-refractivity contribution in [1.29, 1.82) is 0 Å². The molecule has 328 valence electrons. The van der Waals surface area contributed by atoms with Gasteiger partial charge >= 0.3 is 0 Å². The van der Waals surface area contributed by atoms with Crippen LogP contribution in [0.25, 0.3) is 95.0 Å². The Kier molecular flexibility index (Phi) is 6.46. The van der Waals surface area contributed by atoms with Crippen molar-refractivity contribution in [3.05, 3.63) is 217 Å². The number of para-hydroxylation sites is 1. The molecule has 4 nitrogen and oxygen atoms in total. The quantitative estimate of drug-likeness (QED) is 0.165. The molecular formula is C63H55N3O. The summed E-state index contributed by atoms with van der Waals surface area (Å²) < 4.78 is 185. The number of fused-ring (bicyclic) bond motifs is 1. The van der Waals surface area contributed by atoms with Crippen molar-refractivity contribution >= 4 is 11.0 Å². The van der Waals surface area contributed by atoms with Crippen molar-refractivity contribution in [1.82, 2.24) is 14.5 Å². The highest BCUT2D eigenvalue weighted by atomic mass is 16.3. The van der Waals surface area contributed by atoms with Crippen LogP contribution < -0.4 is 0 Å². The molecule has 2 heterocycles. The van der Waals surface area contributed by atoms with Crippen LogP contribution in [-0.4, -0.2) is 19.6 Å². The molecule has 0 fully saturated rings. The largest absolute Gasteiger partial charge is 0.507 e. The molecular weight excluding hydrogens is 815 g/mol. The number of aromatic nitrogens is 3. The Labute approximate surface area is 424 Å². The SMILES string of the molecule is [2H]C([2H])([2H])c1cc(-n2c(-c3cc(C(C([2H])([2H])[2H])(C([2H])([2H])[2H])C([2H])([2H])[2H])cc(C(C([2H])([2H])[2H])(C([2H])([2H])[2H])C([2H])([2H])[2H])c3O)nc3c(-c4cc(-c5ccccc5)cc(-c5cc(-c6ccc(-c7ccccc7)cc6)ccn5)c4)cccc32)ccc1-c1ccccc1. The van der Waals surface area contributed by atoms with Gasteiger partial charge in [0.05, 0.1) is 22.3 Å². The smallest absolute Gasteiger partial charge is 0.149 e. The fourth-order valence-electron chi connectivity index (χ4n) is 8.60. The van der Waals surface area contributed by atoms with Crippen LogP contribution in [0.4, 0.5) is 0 Å². The van der Waals surface area contributed by atoms with Gasteiger partial charge in [0.25, 0.3) is 0 Å². The molecule has 1 N–H and O–H groups in total. The number of pyridine rings is 1. The molecule has 0 unspecified atom stereocenters. The minimum atomic E-state index is -4.22. The molecule has 10 rings (SSSR count). The van der Waals surface area contributed by atoms with Crippen molar-refractivity contribution < 1.29 is 33.9 Å². The van der Waals surface area contributed by atoms with E-state index in [0.717, 1.165) is 27.8 Å². The Balaban J connectivity index is 1.34. The van der Waals surface area contributed by atoms with E-state index in [1.165, 1.54) is 22.8 Å².